The van der Waals surface area contributed by atoms with Crippen molar-refractivity contribution in [1.82, 2.24) is 29.7 Å². The lowest BCUT2D eigenvalue weighted by molar-refractivity contribution is -0.144. The Kier molecular flexibility index (Phi) is 11.4. The third kappa shape index (κ3) is 8.10. The Hall–Kier alpha value is -6.10. The van der Waals surface area contributed by atoms with Gasteiger partial charge in [-0.25, -0.2) is 19.6 Å². The molecule has 4 aromatic rings. The fraction of sp³-hybridized carbons (Fsp3) is 0.400. The normalized spacial score (nSPS) is 20.5. The maximum Gasteiger partial charge on any atom is 0.405 e. The molecule has 282 valence electrons. The predicted molar refractivity (Wildman–Crippen MR) is 200 cm³/mol. The second kappa shape index (κ2) is 16.3. The molecule has 0 aliphatic carbocycles. The molecule has 2 saturated heterocycles. The number of ether oxygens (including phenoxy) is 2. The number of nitrogens with zero attached hydrogens (tertiary/aromatic N) is 4. The number of carbonyl (C=O) groups excluding carboxylic acids is 4. The number of nitrogens with two attached hydrogens (primary N) is 2. The van der Waals surface area contributed by atoms with E-state index in [1.165, 1.54) is 0 Å². The summed E-state index contributed by atoms with van der Waals surface area (Å²) in [6.45, 7) is 7.52. The van der Waals surface area contributed by atoms with Crippen molar-refractivity contribution in [3.63, 3.8) is 0 Å². The van der Waals surface area contributed by atoms with Gasteiger partial charge in [0.2, 0.25) is 0 Å². The third-order valence-electron chi connectivity index (χ3n) is 10.2. The number of H-pyrrole nitrogens is 2. The summed E-state index contributed by atoms with van der Waals surface area (Å²) in [5.74, 6) is 7.27. The number of likely N-dealkylation sites (tertiary alicyclic amines) is 2. The first-order valence-electron chi connectivity index (χ1n) is 18.4. The molecule has 2 aromatic carbocycles. The van der Waals surface area contributed by atoms with Crippen LogP contribution in [-0.4, -0.2) is 78.0 Å². The van der Waals surface area contributed by atoms with E-state index in [1.807, 2.05) is 62.4 Å². The minimum Gasteiger partial charge on any atom is -0.436 e. The van der Waals surface area contributed by atoms with Gasteiger partial charge in [0.05, 0.1) is 35.9 Å². The van der Waals surface area contributed by atoms with Gasteiger partial charge in [-0.15, -0.1) is 0 Å². The standard InChI is InChI=1S/C40H46N8O6/c1-5-33(53-39(41)51)37(49)47-23(3)7-19-31(47)35-43-21-29(45-35)27-15-11-25(12-16-27)9-10-26-13-17-28(18-14-26)30-22-44-36(46-30)32-20-8-24(4)48(32)38(50)34(6-2)54-40(42)52/h11-18,21-24,31-34H,5-8,19-20H2,1-4H3,(H2,41,51)(H2,42,52)(H,43,45)(H,44,46)/t23-,24-,31-,32-,33-,34-/m0/s1. The van der Waals surface area contributed by atoms with E-state index in [-0.39, 0.29) is 36.0 Å². The van der Waals surface area contributed by atoms with Crippen LogP contribution in [0.2, 0.25) is 0 Å². The van der Waals surface area contributed by atoms with Crippen LogP contribution in [0.1, 0.15) is 101 Å². The minimum absolute atomic E-state index is 0.0309. The number of hydrogen-bond donors (Lipinski definition) is 4. The number of hydrogen-bond acceptors (Lipinski definition) is 8. The molecule has 2 fully saturated rings. The Bertz CT molecular complexity index is 1900. The van der Waals surface area contributed by atoms with Gasteiger partial charge < -0.3 is 40.7 Å². The van der Waals surface area contributed by atoms with E-state index in [1.54, 1.807) is 36.0 Å². The molecule has 0 spiro atoms. The summed E-state index contributed by atoms with van der Waals surface area (Å²) in [6, 6.07) is 15.1. The van der Waals surface area contributed by atoms with Crippen LogP contribution in [-0.2, 0) is 19.1 Å². The Labute approximate surface area is 314 Å². The zero-order valence-corrected chi connectivity index (χ0v) is 30.9. The molecule has 0 bridgehead atoms. The highest BCUT2D eigenvalue weighted by molar-refractivity contribution is 5.85. The second-order valence-electron chi connectivity index (χ2n) is 13.8. The van der Waals surface area contributed by atoms with E-state index in [2.05, 4.69) is 31.8 Å². The van der Waals surface area contributed by atoms with E-state index in [9.17, 15) is 19.2 Å². The van der Waals surface area contributed by atoms with Crippen LogP contribution < -0.4 is 11.5 Å². The van der Waals surface area contributed by atoms with Crippen LogP contribution in [0.15, 0.2) is 60.9 Å². The van der Waals surface area contributed by atoms with Crippen molar-refractivity contribution >= 4 is 24.0 Å². The highest BCUT2D eigenvalue weighted by Gasteiger charge is 2.41. The molecule has 0 saturated carbocycles. The predicted octanol–water partition coefficient (Wildman–Crippen LogP) is 5.72. The molecule has 14 nitrogen and oxygen atoms in total. The van der Waals surface area contributed by atoms with Gasteiger partial charge in [-0.3, -0.25) is 9.59 Å². The number of carbonyl (C=O) groups is 4. The SMILES string of the molecule is CC[C@H](OC(N)=O)C(=O)N1[C@@H](C)CC[C@H]1c1ncc(-c2ccc(C#Cc3ccc(-c4cnc([C@@H]5CC[C@H](C)N5C(=O)[C@H](CC)OC(N)=O)[nH]4)cc3)cc2)[nH]1. The molecule has 6 rings (SSSR count). The summed E-state index contributed by atoms with van der Waals surface area (Å²) >= 11 is 0. The van der Waals surface area contributed by atoms with E-state index in [0.717, 1.165) is 59.3 Å². The number of aromatic nitrogens is 4. The zero-order valence-electron chi connectivity index (χ0n) is 30.9. The van der Waals surface area contributed by atoms with Gasteiger partial charge in [0.1, 0.15) is 11.6 Å². The van der Waals surface area contributed by atoms with Gasteiger partial charge in [0, 0.05) is 23.2 Å². The first-order chi connectivity index (χ1) is 26.0. The van der Waals surface area contributed by atoms with Crippen molar-refractivity contribution in [2.24, 2.45) is 11.5 Å². The van der Waals surface area contributed by atoms with Crippen molar-refractivity contribution in [3.8, 4) is 34.4 Å². The van der Waals surface area contributed by atoms with E-state index < -0.39 is 24.4 Å². The van der Waals surface area contributed by atoms with Crippen molar-refractivity contribution in [3.05, 3.63) is 83.7 Å². The molecular formula is C40H46N8O6. The molecule has 14 heteroatoms. The highest BCUT2D eigenvalue weighted by atomic mass is 16.6. The fourth-order valence-electron chi connectivity index (χ4n) is 7.39. The first kappa shape index (κ1) is 37.7. The van der Waals surface area contributed by atoms with Crippen molar-refractivity contribution in [2.45, 2.75) is 103 Å². The maximum atomic E-state index is 13.3. The van der Waals surface area contributed by atoms with Crippen LogP contribution in [0.3, 0.4) is 0 Å². The number of nitrogens with one attached hydrogen (secondary N) is 2. The number of primary amides is 2. The minimum atomic E-state index is -0.967. The van der Waals surface area contributed by atoms with E-state index in [4.69, 9.17) is 20.9 Å². The molecule has 0 radical (unpaired) electrons. The van der Waals surface area contributed by atoms with Crippen molar-refractivity contribution in [1.29, 1.82) is 0 Å². The summed E-state index contributed by atoms with van der Waals surface area (Å²) in [5.41, 5.74) is 15.6. The number of aromatic amines is 2. The molecule has 6 N–H and O–H groups in total. The zero-order chi connectivity index (χ0) is 38.5. The largest absolute Gasteiger partial charge is 0.436 e. The van der Waals surface area contributed by atoms with Crippen LogP contribution in [0.4, 0.5) is 9.59 Å². The molecule has 0 unspecified atom stereocenters. The molecule has 6 atom stereocenters. The molecule has 2 aliphatic rings. The summed E-state index contributed by atoms with van der Waals surface area (Å²) in [7, 11) is 0. The second-order valence-corrected chi connectivity index (χ2v) is 13.8. The molecule has 4 heterocycles. The number of imidazole rings is 2. The Balaban J connectivity index is 1.09. The van der Waals surface area contributed by atoms with Gasteiger partial charge in [-0.2, -0.15) is 0 Å². The lowest BCUT2D eigenvalue weighted by Gasteiger charge is -2.30. The van der Waals surface area contributed by atoms with Gasteiger partial charge in [-0.1, -0.05) is 50.0 Å². The molecule has 54 heavy (non-hydrogen) atoms. The topological polar surface area (TPSA) is 203 Å². The lowest BCUT2D eigenvalue weighted by Crippen LogP contribution is -2.44. The average Bonchev–Trinajstić information content (AvgIpc) is 3.98. The first-order valence-corrected chi connectivity index (χ1v) is 18.4. The molecule has 2 aliphatic heterocycles. The summed E-state index contributed by atoms with van der Waals surface area (Å²) < 4.78 is 10.2. The number of benzene rings is 2. The van der Waals surface area contributed by atoms with Crippen molar-refractivity contribution in [2.75, 3.05) is 0 Å². The smallest absolute Gasteiger partial charge is 0.405 e. The van der Waals surface area contributed by atoms with E-state index >= 15 is 0 Å². The van der Waals surface area contributed by atoms with Crippen LogP contribution >= 0.6 is 0 Å². The van der Waals surface area contributed by atoms with E-state index in [0.29, 0.717) is 24.5 Å². The van der Waals surface area contributed by atoms with Gasteiger partial charge >= 0.3 is 12.2 Å². The Morgan fingerprint density at radius 3 is 1.39 bits per heavy atom. The van der Waals surface area contributed by atoms with Crippen molar-refractivity contribution < 1.29 is 28.7 Å². The Morgan fingerprint density at radius 1 is 0.685 bits per heavy atom. The number of rotatable bonds is 10. The molecule has 2 aromatic heterocycles. The van der Waals surface area contributed by atoms with Crippen LogP contribution in [0.5, 0.6) is 0 Å². The van der Waals surface area contributed by atoms with Gasteiger partial charge in [0.25, 0.3) is 11.8 Å². The summed E-state index contributed by atoms with van der Waals surface area (Å²) in [5, 5.41) is 0. The van der Waals surface area contributed by atoms with Crippen LogP contribution in [0, 0.1) is 11.8 Å². The summed E-state index contributed by atoms with van der Waals surface area (Å²) in [4.78, 5) is 68.9. The Morgan fingerprint density at radius 2 is 1.06 bits per heavy atom. The molecular weight excluding hydrogens is 688 g/mol. The van der Waals surface area contributed by atoms with Gasteiger partial charge in [0.15, 0.2) is 12.2 Å². The number of amides is 4. The summed E-state index contributed by atoms with van der Waals surface area (Å²) in [6.07, 6.45) is 3.48. The monoisotopic (exact) mass is 734 g/mol. The van der Waals surface area contributed by atoms with Crippen LogP contribution in [0.25, 0.3) is 22.5 Å². The quantitative estimate of drug-likeness (QED) is 0.148. The third-order valence-corrected chi connectivity index (χ3v) is 10.2. The highest BCUT2D eigenvalue weighted by Crippen LogP contribution is 2.38. The maximum absolute atomic E-state index is 13.3. The average molecular weight is 735 g/mol. The lowest BCUT2D eigenvalue weighted by atomic mass is 10.1. The fourth-order valence-corrected chi connectivity index (χ4v) is 7.39. The molecule has 4 amide bonds. The van der Waals surface area contributed by atoms with Gasteiger partial charge in [-0.05, 0) is 87.8 Å².